The summed E-state index contributed by atoms with van der Waals surface area (Å²) in [5.41, 5.74) is 0.0652. The summed E-state index contributed by atoms with van der Waals surface area (Å²) in [4.78, 5) is 25.1. The van der Waals surface area contributed by atoms with Gasteiger partial charge in [0.15, 0.2) is 0 Å². The van der Waals surface area contributed by atoms with E-state index >= 15 is 0 Å². The third kappa shape index (κ3) is 4.87. The number of nitro benzene ring substituents is 1. The molecule has 6 nitrogen and oxygen atoms in total. The van der Waals surface area contributed by atoms with Crippen LogP contribution in [0.25, 0.3) is 0 Å². The third-order valence-corrected chi connectivity index (χ3v) is 4.24. The van der Waals surface area contributed by atoms with Gasteiger partial charge in [-0.2, -0.15) is 0 Å². The lowest BCUT2D eigenvalue weighted by Gasteiger charge is -2.29. The van der Waals surface area contributed by atoms with E-state index in [1.165, 1.54) is 23.9 Å². The van der Waals surface area contributed by atoms with Crippen LogP contribution < -0.4 is 5.32 Å². The molecular weight excluding hydrogens is 314 g/mol. The second kappa shape index (κ2) is 8.21. The van der Waals surface area contributed by atoms with Crippen molar-refractivity contribution in [3.05, 3.63) is 34.4 Å². The normalized spacial score (nSPS) is 16.0. The van der Waals surface area contributed by atoms with Gasteiger partial charge in [0.05, 0.1) is 10.2 Å². The summed E-state index contributed by atoms with van der Waals surface area (Å²) in [5.74, 6) is 0.120. The molecule has 0 spiro atoms. The van der Waals surface area contributed by atoms with E-state index in [-0.39, 0.29) is 29.3 Å². The molecule has 1 heterocycles. The third-order valence-electron chi connectivity index (χ3n) is 3.14. The number of hydrogen-bond donors (Lipinski definition) is 1. The van der Waals surface area contributed by atoms with Crippen LogP contribution in [0.1, 0.15) is 6.92 Å². The van der Waals surface area contributed by atoms with Gasteiger partial charge in [-0.15, -0.1) is 24.2 Å². The van der Waals surface area contributed by atoms with E-state index in [0.717, 1.165) is 31.1 Å². The number of rotatable bonds is 4. The molecule has 1 amide bonds. The number of nitro groups is 1. The van der Waals surface area contributed by atoms with E-state index in [9.17, 15) is 14.9 Å². The van der Waals surface area contributed by atoms with Crippen molar-refractivity contribution >= 4 is 35.8 Å². The lowest BCUT2D eigenvalue weighted by Crippen LogP contribution is -2.48. The highest BCUT2D eigenvalue weighted by molar-refractivity contribution is 8.00. The number of carbonyl (C=O) groups is 1. The van der Waals surface area contributed by atoms with Gasteiger partial charge in [0.1, 0.15) is 0 Å². The van der Waals surface area contributed by atoms with Crippen LogP contribution in [0, 0.1) is 10.1 Å². The van der Waals surface area contributed by atoms with E-state index in [1.54, 1.807) is 12.1 Å². The highest BCUT2D eigenvalue weighted by atomic mass is 35.5. The first-order valence-electron chi connectivity index (χ1n) is 6.48. The Hall–Kier alpha value is -1.31. The molecule has 1 N–H and O–H groups in total. The molecule has 2 rings (SSSR count). The fourth-order valence-corrected chi connectivity index (χ4v) is 2.99. The van der Waals surface area contributed by atoms with Crippen molar-refractivity contribution in [3.8, 4) is 0 Å². The molecule has 0 bridgehead atoms. The number of hydrogen-bond acceptors (Lipinski definition) is 5. The Kier molecular flexibility index (Phi) is 6.94. The maximum absolute atomic E-state index is 12.2. The van der Waals surface area contributed by atoms with Crippen molar-refractivity contribution in [2.24, 2.45) is 0 Å². The maximum Gasteiger partial charge on any atom is 0.269 e. The standard InChI is InChI=1S/C13H17N3O3S.ClH/c1-10(13(17)15-8-6-14-7-9-15)20-12-4-2-11(3-5-12)16(18)19;/h2-5,10,14H,6-9H2,1H3;1H. The largest absolute Gasteiger partial charge is 0.339 e. The van der Waals surface area contributed by atoms with Gasteiger partial charge in [0.25, 0.3) is 5.69 Å². The molecule has 1 aliphatic heterocycles. The minimum absolute atomic E-state index is 0. The molecule has 116 valence electrons. The van der Waals surface area contributed by atoms with Gasteiger partial charge < -0.3 is 10.2 Å². The maximum atomic E-state index is 12.2. The Morgan fingerprint density at radius 3 is 2.43 bits per heavy atom. The van der Waals surface area contributed by atoms with Crippen molar-refractivity contribution in [1.82, 2.24) is 10.2 Å². The van der Waals surface area contributed by atoms with Gasteiger partial charge in [-0.1, -0.05) is 0 Å². The Morgan fingerprint density at radius 2 is 1.90 bits per heavy atom. The number of benzene rings is 1. The molecule has 1 atom stereocenters. The Balaban J connectivity index is 0.00000220. The summed E-state index contributed by atoms with van der Waals surface area (Å²) in [5, 5.41) is 13.6. The van der Waals surface area contributed by atoms with Crippen LogP contribution in [0.5, 0.6) is 0 Å². The summed E-state index contributed by atoms with van der Waals surface area (Å²) < 4.78 is 0. The quantitative estimate of drug-likeness (QED) is 0.518. The molecule has 0 saturated carbocycles. The SMILES string of the molecule is CC(Sc1ccc([N+](=O)[O-])cc1)C(=O)N1CCNCC1.Cl. The fourth-order valence-electron chi connectivity index (χ4n) is 2.04. The lowest BCUT2D eigenvalue weighted by atomic mass is 10.3. The molecule has 21 heavy (non-hydrogen) atoms. The Bertz CT molecular complexity index is 492. The van der Waals surface area contributed by atoms with Gasteiger partial charge in [0.2, 0.25) is 5.91 Å². The number of nitrogens with one attached hydrogen (secondary N) is 1. The molecule has 0 radical (unpaired) electrons. The number of nitrogens with zero attached hydrogens (tertiary/aromatic N) is 2. The van der Waals surface area contributed by atoms with Crippen molar-refractivity contribution in [2.75, 3.05) is 26.2 Å². The van der Waals surface area contributed by atoms with Crippen molar-refractivity contribution < 1.29 is 9.72 Å². The molecule has 1 unspecified atom stereocenters. The highest BCUT2D eigenvalue weighted by Gasteiger charge is 2.22. The van der Waals surface area contributed by atoms with Crippen LogP contribution in [0.3, 0.4) is 0 Å². The Labute approximate surface area is 133 Å². The number of halogens is 1. The van der Waals surface area contributed by atoms with E-state index in [4.69, 9.17) is 0 Å². The summed E-state index contributed by atoms with van der Waals surface area (Å²) in [6.07, 6.45) is 0. The molecule has 1 fully saturated rings. The average Bonchev–Trinajstić information content (AvgIpc) is 2.48. The number of amides is 1. The second-order valence-corrected chi connectivity index (χ2v) is 6.00. The molecule has 0 aliphatic carbocycles. The van der Waals surface area contributed by atoms with Gasteiger partial charge in [-0.25, -0.2) is 0 Å². The predicted octanol–water partition coefficient (Wildman–Crippen LogP) is 1.93. The van der Waals surface area contributed by atoms with Gasteiger partial charge in [-0.3, -0.25) is 14.9 Å². The number of non-ortho nitro benzene ring substituents is 1. The van der Waals surface area contributed by atoms with Gasteiger partial charge >= 0.3 is 0 Å². The van der Waals surface area contributed by atoms with Gasteiger partial charge in [0, 0.05) is 43.2 Å². The van der Waals surface area contributed by atoms with Crippen LogP contribution in [-0.2, 0) is 4.79 Å². The van der Waals surface area contributed by atoms with Crippen molar-refractivity contribution in [1.29, 1.82) is 0 Å². The lowest BCUT2D eigenvalue weighted by molar-refractivity contribution is -0.384. The van der Waals surface area contributed by atoms with E-state index in [0.29, 0.717) is 0 Å². The summed E-state index contributed by atoms with van der Waals surface area (Å²) >= 11 is 1.43. The molecule has 8 heteroatoms. The molecular formula is C13H18ClN3O3S. The van der Waals surface area contributed by atoms with Crippen LogP contribution in [0.15, 0.2) is 29.2 Å². The number of thioether (sulfide) groups is 1. The van der Waals surface area contributed by atoms with Crippen LogP contribution in [0.4, 0.5) is 5.69 Å². The summed E-state index contributed by atoms with van der Waals surface area (Å²) in [7, 11) is 0. The van der Waals surface area contributed by atoms with Crippen LogP contribution >= 0.6 is 24.2 Å². The van der Waals surface area contributed by atoms with Crippen molar-refractivity contribution in [2.45, 2.75) is 17.1 Å². The topological polar surface area (TPSA) is 75.5 Å². The molecule has 1 saturated heterocycles. The average molecular weight is 332 g/mol. The number of carbonyl (C=O) groups excluding carboxylic acids is 1. The zero-order chi connectivity index (χ0) is 14.5. The van der Waals surface area contributed by atoms with Crippen LogP contribution in [0.2, 0.25) is 0 Å². The highest BCUT2D eigenvalue weighted by Crippen LogP contribution is 2.26. The summed E-state index contributed by atoms with van der Waals surface area (Å²) in [6.45, 7) is 5.02. The first-order valence-corrected chi connectivity index (χ1v) is 7.36. The number of piperazine rings is 1. The van der Waals surface area contributed by atoms with Gasteiger partial charge in [-0.05, 0) is 19.1 Å². The van der Waals surface area contributed by atoms with E-state index in [2.05, 4.69) is 5.32 Å². The van der Waals surface area contributed by atoms with E-state index in [1.807, 2.05) is 11.8 Å². The monoisotopic (exact) mass is 331 g/mol. The molecule has 1 aromatic rings. The van der Waals surface area contributed by atoms with Crippen LogP contribution in [-0.4, -0.2) is 47.2 Å². The molecule has 1 aromatic carbocycles. The Morgan fingerprint density at radius 1 is 1.33 bits per heavy atom. The smallest absolute Gasteiger partial charge is 0.269 e. The zero-order valence-electron chi connectivity index (χ0n) is 11.7. The first kappa shape index (κ1) is 17.7. The molecule has 1 aliphatic rings. The second-order valence-electron chi connectivity index (χ2n) is 4.59. The minimum atomic E-state index is -0.427. The zero-order valence-corrected chi connectivity index (χ0v) is 13.3. The summed E-state index contributed by atoms with van der Waals surface area (Å²) in [6, 6.07) is 6.30. The molecule has 0 aromatic heterocycles. The van der Waals surface area contributed by atoms with Crippen molar-refractivity contribution in [3.63, 3.8) is 0 Å². The predicted molar refractivity (Wildman–Crippen MR) is 85.1 cm³/mol. The fraction of sp³-hybridized carbons (Fsp3) is 0.462. The minimum Gasteiger partial charge on any atom is -0.339 e. The first-order chi connectivity index (χ1) is 9.58. The van der Waals surface area contributed by atoms with E-state index < -0.39 is 4.92 Å².